The number of aromatic amines is 1. The summed E-state index contributed by atoms with van der Waals surface area (Å²) in [6.45, 7) is 4.73. The molecule has 2 heterocycles. The summed E-state index contributed by atoms with van der Waals surface area (Å²) in [7, 11) is 1.60. The van der Waals surface area contributed by atoms with Gasteiger partial charge < -0.3 is 15.0 Å². The molecular weight excluding hydrogens is 362 g/mol. The Balaban J connectivity index is 1.78. The number of carbonyl (C=O) groups is 1. The second-order valence-corrected chi connectivity index (χ2v) is 7.62. The summed E-state index contributed by atoms with van der Waals surface area (Å²) >= 11 is 0. The van der Waals surface area contributed by atoms with Crippen LogP contribution in [0.25, 0.3) is 6.08 Å². The highest BCUT2D eigenvalue weighted by Crippen LogP contribution is 2.23. The van der Waals surface area contributed by atoms with Gasteiger partial charge in [0.2, 0.25) is 0 Å². The van der Waals surface area contributed by atoms with Gasteiger partial charge in [-0.05, 0) is 38.0 Å². The molecule has 0 aliphatic carbocycles. The van der Waals surface area contributed by atoms with Gasteiger partial charge in [-0.15, -0.1) is 0 Å². The first-order valence-electron chi connectivity index (χ1n) is 11.2. The number of aromatic nitrogens is 1. The second-order valence-electron chi connectivity index (χ2n) is 7.62. The molecule has 0 fully saturated rings. The van der Waals surface area contributed by atoms with Crippen LogP contribution in [-0.2, 0) is 16.0 Å². The first-order valence-corrected chi connectivity index (χ1v) is 11.2. The van der Waals surface area contributed by atoms with E-state index in [1.165, 1.54) is 63.5 Å². The Bertz CT molecular complexity index is 728. The summed E-state index contributed by atoms with van der Waals surface area (Å²) in [4.78, 5) is 19.9. The third-order valence-electron chi connectivity index (χ3n) is 5.16. The van der Waals surface area contributed by atoms with Gasteiger partial charge in [0.25, 0.3) is 5.91 Å². The van der Waals surface area contributed by atoms with E-state index >= 15 is 0 Å². The van der Waals surface area contributed by atoms with Gasteiger partial charge in [-0.1, -0.05) is 58.3 Å². The Labute approximate surface area is 175 Å². The van der Waals surface area contributed by atoms with Crippen LogP contribution < -0.4 is 5.32 Å². The molecule has 0 radical (unpaired) electrons. The Morgan fingerprint density at radius 2 is 1.76 bits per heavy atom. The minimum absolute atomic E-state index is 0.178. The number of unbranched alkanes of at least 4 members (excludes halogenated alkanes) is 8. The van der Waals surface area contributed by atoms with E-state index in [2.05, 4.69) is 34.3 Å². The number of aliphatic imine (C=N–C) groups is 1. The fourth-order valence-corrected chi connectivity index (χ4v) is 3.51. The Kier molecular flexibility index (Phi) is 10.3. The zero-order valence-electron chi connectivity index (χ0n) is 18.4. The number of nitrogens with zero attached hydrogens (tertiary/aromatic N) is 1. The van der Waals surface area contributed by atoms with Crippen molar-refractivity contribution in [2.45, 2.75) is 78.1 Å². The summed E-state index contributed by atoms with van der Waals surface area (Å²) < 4.78 is 5.38. The van der Waals surface area contributed by atoms with Gasteiger partial charge in [-0.3, -0.25) is 4.79 Å². The Morgan fingerprint density at radius 3 is 2.41 bits per heavy atom. The highest BCUT2D eigenvalue weighted by atomic mass is 16.5. The number of H-pyrrole nitrogens is 1. The highest BCUT2D eigenvalue weighted by Gasteiger charge is 2.20. The van der Waals surface area contributed by atoms with Crippen molar-refractivity contribution in [3.05, 3.63) is 41.1 Å². The zero-order valence-corrected chi connectivity index (χ0v) is 18.4. The third kappa shape index (κ3) is 7.92. The normalized spacial score (nSPS) is 14.8. The van der Waals surface area contributed by atoms with Crippen LogP contribution in [0.1, 0.15) is 83.0 Å². The summed E-state index contributed by atoms with van der Waals surface area (Å²) in [6, 6.07) is 4.19. The van der Waals surface area contributed by atoms with Crippen LogP contribution in [0.4, 0.5) is 0 Å². The van der Waals surface area contributed by atoms with Gasteiger partial charge >= 0.3 is 0 Å². The molecule has 160 valence electrons. The summed E-state index contributed by atoms with van der Waals surface area (Å²) in [5, 5.41) is 2.77. The largest absolute Gasteiger partial charge is 0.494 e. The molecule has 1 aromatic heterocycles. The number of rotatable bonds is 14. The standard InChI is InChI=1S/C24H37N3O2/c1-4-6-7-8-9-10-11-12-13-14-19-15-16-20(26-19)17-21-23(29-3)18-22(27-21)24(28)25-5-2/h15-18,26H,4-14H2,1-3H3,(H,25,28)/b21-17-. The molecule has 0 spiro atoms. The van der Waals surface area contributed by atoms with E-state index in [4.69, 9.17) is 4.74 Å². The lowest BCUT2D eigenvalue weighted by Gasteiger charge is -2.02. The van der Waals surface area contributed by atoms with Crippen molar-refractivity contribution in [1.82, 2.24) is 10.3 Å². The SMILES string of the molecule is CCCCCCCCCCCc1ccc(/C=C2\N=C(C(=O)NCC)C=C2OC)[nH]1. The second kappa shape index (κ2) is 13.0. The number of hydrogen-bond acceptors (Lipinski definition) is 3. The maximum Gasteiger partial charge on any atom is 0.270 e. The van der Waals surface area contributed by atoms with Gasteiger partial charge in [0.1, 0.15) is 17.2 Å². The van der Waals surface area contributed by atoms with Crippen molar-refractivity contribution < 1.29 is 9.53 Å². The van der Waals surface area contributed by atoms with Crippen LogP contribution >= 0.6 is 0 Å². The molecule has 5 heteroatoms. The first kappa shape index (κ1) is 23.0. The van der Waals surface area contributed by atoms with E-state index in [1.807, 2.05) is 13.0 Å². The van der Waals surface area contributed by atoms with Crippen molar-refractivity contribution in [1.29, 1.82) is 0 Å². The van der Waals surface area contributed by atoms with Gasteiger partial charge in [0.15, 0.2) is 0 Å². The van der Waals surface area contributed by atoms with Crippen molar-refractivity contribution in [2.75, 3.05) is 13.7 Å². The molecule has 1 aliphatic rings. The number of methoxy groups -OCH3 is 1. The van der Waals surface area contributed by atoms with Crippen LogP contribution in [0, 0.1) is 0 Å². The zero-order chi connectivity index (χ0) is 20.9. The molecule has 1 aliphatic heterocycles. The van der Waals surface area contributed by atoms with Gasteiger partial charge in [0.05, 0.1) is 7.11 Å². The van der Waals surface area contributed by atoms with Gasteiger partial charge in [-0.25, -0.2) is 4.99 Å². The lowest BCUT2D eigenvalue weighted by Crippen LogP contribution is -2.28. The minimum Gasteiger partial charge on any atom is -0.494 e. The Morgan fingerprint density at radius 1 is 1.07 bits per heavy atom. The number of ether oxygens (including phenoxy) is 1. The van der Waals surface area contributed by atoms with Crippen LogP contribution in [0.2, 0.25) is 0 Å². The van der Waals surface area contributed by atoms with Gasteiger partial charge in [-0.2, -0.15) is 0 Å². The summed E-state index contributed by atoms with van der Waals surface area (Å²) in [5.74, 6) is 0.435. The summed E-state index contributed by atoms with van der Waals surface area (Å²) in [5.41, 5.74) is 3.28. The molecule has 0 aromatic carbocycles. The molecule has 1 amide bonds. The molecule has 0 unspecified atom stereocenters. The Hall–Kier alpha value is -2.30. The van der Waals surface area contributed by atoms with E-state index in [9.17, 15) is 4.79 Å². The third-order valence-corrected chi connectivity index (χ3v) is 5.16. The van der Waals surface area contributed by atoms with E-state index < -0.39 is 0 Å². The van der Waals surface area contributed by atoms with Crippen LogP contribution in [-0.4, -0.2) is 30.3 Å². The number of nitrogens with one attached hydrogen (secondary N) is 2. The van der Waals surface area contributed by atoms with Crippen molar-refractivity contribution >= 4 is 17.7 Å². The topological polar surface area (TPSA) is 66.5 Å². The van der Waals surface area contributed by atoms with Crippen LogP contribution in [0.3, 0.4) is 0 Å². The number of aryl methyl sites for hydroxylation is 1. The maximum atomic E-state index is 12.0. The molecule has 2 rings (SSSR count). The molecule has 0 saturated carbocycles. The molecule has 0 bridgehead atoms. The molecule has 29 heavy (non-hydrogen) atoms. The monoisotopic (exact) mass is 399 g/mol. The molecular formula is C24H37N3O2. The minimum atomic E-state index is -0.178. The number of carbonyl (C=O) groups excluding carboxylic acids is 1. The molecule has 0 saturated heterocycles. The molecule has 0 atom stereocenters. The van der Waals surface area contributed by atoms with Crippen LogP contribution in [0.5, 0.6) is 0 Å². The van der Waals surface area contributed by atoms with Crippen molar-refractivity contribution in [3.63, 3.8) is 0 Å². The molecule has 2 N–H and O–H groups in total. The van der Waals surface area contributed by atoms with E-state index in [0.717, 1.165) is 12.1 Å². The van der Waals surface area contributed by atoms with Crippen LogP contribution in [0.15, 0.2) is 34.7 Å². The fourth-order valence-electron chi connectivity index (χ4n) is 3.51. The molecule has 1 aromatic rings. The van der Waals surface area contributed by atoms with E-state index in [1.54, 1.807) is 13.2 Å². The highest BCUT2D eigenvalue weighted by molar-refractivity contribution is 6.44. The van der Waals surface area contributed by atoms with Crippen molar-refractivity contribution in [3.8, 4) is 0 Å². The first-order chi connectivity index (χ1) is 14.2. The predicted octanol–water partition coefficient (Wildman–Crippen LogP) is 5.55. The fraction of sp³-hybridized carbons (Fsp3) is 0.583. The van der Waals surface area contributed by atoms with E-state index in [-0.39, 0.29) is 5.91 Å². The number of hydrogen-bond donors (Lipinski definition) is 2. The van der Waals surface area contributed by atoms with Crippen molar-refractivity contribution in [2.24, 2.45) is 4.99 Å². The lowest BCUT2D eigenvalue weighted by molar-refractivity contribution is -0.114. The lowest BCUT2D eigenvalue weighted by atomic mass is 10.1. The molecule has 5 nitrogen and oxygen atoms in total. The average molecular weight is 400 g/mol. The number of amides is 1. The smallest absolute Gasteiger partial charge is 0.270 e. The average Bonchev–Trinajstić information content (AvgIpc) is 3.34. The predicted molar refractivity (Wildman–Crippen MR) is 121 cm³/mol. The van der Waals surface area contributed by atoms with Gasteiger partial charge in [0, 0.05) is 24.0 Å². The quantitative estimate of drug-likeness (QED) is 0.403. The van der Waals surface area contributed by atoms with E-state index in [0.29, 0.717) is 23.7 Å². The maximum absolute atomic E-state index is 12.0. The summed E-state index contributed by atoms with van der Waals surface area (Å²) in [6.07, 6.45) is 16.8.